The smallest absolute Gasteiger partial charge is 0.243 e. The van der Waals surface area contributed by atoms with Crippen LogP contribution in [0.5, 0.6) is 0 Å². The molecule has 0 spiro atoms. The van der Waals surface area contributed by atoms with Gasteiger partial charge < -0.3 is 9.47 Å². The molecule has 9 heteroatoms. The number of imidazole rings is 1. The second kappa shape index (κ2) is 6.33. The first-order valence-electron chi connectivity index (χ1n) is 8.41. The normalized spacial score (nSPS) is 16.3. The summed E-state index contributed by atoms with van der Waals surface area (Å²) in [5, 5.41) is 0. The number of aromatic nitrogens is 4. The Morgan fingerprint density at radius 1 is 1.00 bits per heavy atom. The molecular weight excluding hydrogens is 352 g/mol. The van der Waals surface area contributed by atoms with Gasteiger partial charge in [0.15, 0.2) is 5.65 Å². The molecule has 1 aromatic carbocycles. The molecule has 3 aromatic rings. The molecule has 0 N–H and O–H groups in total. The summed E-state index contributed by atoms with van der Waals surface area (Å²) in [5.74, 6) is 0.605. The van der Waals surface area contributed by atoms with E-state index in [2.05, 4.69) is 15.0 Å². The molecule has 136 valence electrons. The molecule has 2 aromatic heterocycles. The third-order valence-corrected chi connectivity index (χ3v) is 6.53. The van der Waals surface area contributed by atoms with Crippen molar-refractivity contribution in [3.63, 3.8) is 0 Å². The highest BCUT2D eigenvalue weighted by atomic mass is 32.2. The Bertz CT molecular complexity index is 1040. The van der Waals surface area contributed by atoms with E-state index in [1.807, 2.05) is 35.6 Å². The van der Waals surface area contributed by atoms with Gasteiger partial charge in [0, 0.05) is 33.2 Å². The van der Waals surface area contributed by atoms with E-state index in [0.29, 0.717) is 37.0 Å². The molecule has 26 heavy (non-hydrogen) atoms. The molecule has 1 saturated heterocycles. The number of rotatable bonds is 3. The number of sulfonamides is 1. The minimum absolute atomic E-state index is 0.337. The Kier molecular flexibility index (Phi) is 4.12. The first-order valence-corrected chi connectivity index (χ1v) is 9.85. The number of fused-ring (bicyclic) bond motifs is 1. The zero-order valence-electron chi connectivity index (χ0n) is 14.7. The summed E-state index contributed by atoms with van der Waals surface area (Å²) in [6.45, 7) is 3.85. The van der Waals surface area contributed by atoms with Crippen LogP contribution in [0.3, 0.4) is 0 Å². The van der Waals surface area contributed by atoms with Crippen molar-refractivity contribution in [3.05, 3.63) is 42.4 Å². The maximum absolute atomic E-state index is 12.8. The topological polar surface area (TPSA) is 84.2 Å². The number of nitrogens with zero attached hydrogens (tertiary/aromatic N) is 6. The molecule has 1 fully saturated rings. The summed E-state index contributed by atoms with van der Waals surface area (Å²) >= 11 is 0. The Labute approximate surface area is 152 Å². The van der Waals surface area contributed by atoms with Gasteiger partial charge in [-0.25, -0.2) is 18.4 Å². The maximum atomic E-state index is 12.8. The van der Waals surface area contributed by atoms with Crippen molar-refractivity contribution in [1.29, 1.82) is 0 Å². The third kappa shape index (κ3) is 2.93. The van der Waals surface area contributed by atoms with Crippen LogP contribution in [0.15, 0.2) is 41.7 Å². The molecule has 0 unspecified atom stereocenters. The zero-order valence-corrected chi connectivity index (χ0v) is 15.5. The van der Waals surface area contributed by atoms with Gasteiger partial charge in [-0.2, -0.15) is 9.29 Å². The lowest BCUT2D eigenvalue weighted by atomic mass is 10.2. The molecule has 0 atom stereocenters. The average Bonchev–Trinajstić information content (AvgIpc) is 3.03. The first-order chi connectivity index (χ1) is 12.4. The van der Waals surface area contributed by atoms with Gasteiger partial charge >= 0.3 is 0 Å². The molecule has 1 aliphatic rings. The van der Waals surface area contributed by atoms with Gasteiger partial charge in [0.05, 0.1) is 17.4 Å². The van der Waals surface area contributed by atoms with Gasteiger partial charge in [0.25, 0.3) is 0 Å². The largest absolute Gasteiger partial charge is 0.338 e. The summed E-state index contributed by atoms with van der Waals surface area (Å²) < 4.78 is 29.0. The van der Waals surface area contributed by atoms with Crippen LogP contribution >= 0.6 is 0 Å². The number of anilines is 1. The molecule has 0 saturated carbocycles. The minimum atomic E-state index is -3.47. The van der Waals surface area contributed by atoms with Crippen LogP contribution in [0.4, 0.5) is 5.95 Å². The van der Waals surface area contributed by atoms with Crippen LogP contribution in [-0.4, -0.2) is 58.4 Å². The van der Waals surface area contributed by atoms with Crippen molar-refractivity contribution in [2.45, 2.75) is 11.8 Å². The van der Waals surface area contributed by atoms with Crippen molar-refractivity contribution in [1.82, 2.24) is 23.8 Å². The predicted octanol–water partition coefficient (Wildman–Crippen LogP) is 1.18. The Hall–Kier alpha value is -2.52. The van der Waals surface area contributed by atoms with Crippen LogP contribution in [0.2, 0.25) is 0 Å². The highest BCUT2D eigenvalue weighted by molar-refractivity contribution is 7.89. The first kappa shape index (κ1) is 16.9. The molecule has 4 rings (SSSR count). The van der Waals surface area contributed by atoms with E-state index < -0.39 is 10.0 Å². The van der Waals surface area contributed by atoms with E-state index in [1.165, 1.54) is 4.31 Å². The van der Waals surface area contributed by atoms with Crippen LogP contribution in [-0.2, 0) is 17.1 Å². The van der Waals surface area contributed by atoms with Crippen molar-refractivity contribution < 1.29 is 8.42 Å². The molecule has 3 heterocycles. The Balaban J connectivity index is 1.51. The number of hydrogen-bond acceptors (Lipinski definition) is 6. The van der Waals surface area contributed by atoms with Gasteiger partial charge in [-0.05, 0) is 19.1 Å². The van der Waals surface area contributed by atoms with Crippen molar-refractivity contribution in [3.8, 4) is 0 Å². The maximum Gasteiger partial charge on any atom is 0.243 e. The number of aryl methyl sites for hydroxylation is 2. The van der Waals surface area contributed by atoms with Crippen molar-refractivity contribution in [2.75, 3.05) is 31.1 Å². The second-order valence-electron chi connectivity index (χ2n) is 6.44. The van der Waals surface area contributed by atoms with Crippen molar-refractivity contribution in [2.24, 2.45) is 7.05 Å². The summed E-state index contributed by atoms with van der Waals surface area (Å²) in [7, 11) is -1.58. The number of hydrogen-bond donors (Lipinski definition) is 0. The molecule has 0 bridgehead atoms. The summed E-state index contributed by atoms with van der Waals surface area (Å²) in [5.41, 5.74) is 2.55. The van der Waals surface area contributed by atoms with E-state index in [-0.39, 0.29) is 0 Å². The fourth-order valence-corrected chi connectivity index (χ4v) is 4.47. The van der Waals surface area contributed by atoms with Gasteiger partial charge in [0.2, 0.25) is 16.0 Å². The lowest BCUT2D eigenvalue weighted by Gasteiger charge is -2.33. The molecule has 0 radical (unpaired) electrons. The van der Waals surface area contributed by atoms with E-state index in [9.17, 15) is 8.42 Å². The molecule has 0 amide bonds. The van der Waals surface area contributed by atoms with E-state index in [1.54, 1.807) is 24.7 Å². The van der Waals surface area contributed by atoms with Crippen LogP contribution in [0.1, 0.15) is 5.56 Å². The lowest BCUT2D eigenvalue weighted by Crippen LogP contribution is -2.49. The van der Waals surface area contributed by atoms with E-state index in [0.717, 1.165) is 16.7 Å². The van der Waals surface area contributed by atoms with Crippen LogP contribution in [0.25, 0.3) is 11.2 Å². The highest BCUT2D eigenvalue weighted by Gasteiger charge is 2.29. The zero-order chi connectivity index (χ0) is 18.3. The van der Waals surface area contributed by atoms with Gasteiger partial charge in [-0.1, -0.05) is 17.7 Å². The van der Waals surface area contributed by atoms with E-state index >= 15 is 0 Å². The van der Waals surface area contributed by atoms with Gasteiger partial charge in [-0.15, -0.1) is 0 Å². The Morgan fingerprint density at radius 2 is 1.69 bits per heavy atom. The monoisotopic (exact) mass is 372 g/mol. The molecular formula is C17H20N6O2S. The lowest BCUT2D eigenvalue weighted by molar-refractivity contribution is 0.382. The highest BCUT2D eigenvalue weighted by Crippen LogP contribution is 2.20. The summed E-state index contributed by atoms with van der Waals surface area (Å²) in [6.07, 6.45) is 3.41. The van der Waals surface area contributed by atoms with Gasteiger partial charge in [0.1, 0.15) is 5.52 Å². The van der Waals surface area contributed by atoms with Crippen LogP contribution in [0, 0.1) is 6.92 Å². The minimum Gasteiger partial charge on any atom is -0.338 e. The standard InChI is InChI=1S/C17H20N6O2S/c1-13-3-5-14(6-4-13)26(24,25)23-9-7-22(8-10-23)17-18-11-15-16(20-17)21(2)12-19-15/h3-6,11-12H,7-10H2,1-2H3. The summed E-state index contributed by atoms with van der Waals surface area (Å²) in [6, 6.07) is 6.97. The van der Waals surface area contributed by atoms with Crippen molar-refractivity contribution >= 4 is 27.1 Å². The summed E-state index contributed by atoms with van der Waals surface area (Å²) in [4.78, 5) is 15.5. The fourth-order valence-electron chi connectivity index (χ4n) is 3.05. The SMILES string of the molecule is Cc1ccc(S(=O)(=O)N2CCN(c3ncc4ncn(C)c4n3)CC2)cc1. The third-order valence-electron chi connectivity index (χ3n) is 4.62. The van der Waals surface area contributed by atoms with Crippen LogP contribution < -0.4 is 4.90 Å². The fraction of sp³-hybridized carbons (Fsp3) is 0.353. The average molecular weight is 372 g/mol. The van der Waals surface area contributed by atoms with E-state index in [4.69, 9.17) is 0 Å². The second-order valence-corrected chi connectivity index (χ2v) is 8.38. The molecule has 0 aliphatic carbocycles. The Morgan fingerprint density at radius 3 is 2.38 bits per heavy atom. The van der Waals surface area contributed by atoms with Gasteiger partial charge in [-0.3, -0.25) is 0 Å². The predicted molar refractivity (Wildman–Crippen MR) is 98.5 cm³/mol. The molecule has 1 aliphatic heterocycles. The number of benzene rings is 1. The quantitative estimate of drug-likeness (QED) is 0.686. The molecule has 8 nitrogen and oxygen atoms in total. The number of piperazine rings is 1.